The lowest BCUT2D eigenvalue weighted by molar-refractivity contribution is 0.262. The molecule has 2 unspecified atom stereocenters. The van der Waals surface area contributed by atoms with Crippen LogP contribution in [0.1, 0.15) is 29.9 Å². The topological polar surface area (TPSA) is 35.2 Å². The summed E-state index contributed by atoms with van der Waals surface area (Å²) in [5.74, 6) is 2.32. The summed E-state index contributed by atoms with van der Waals surface area (Å²) in [6.45, 7) is 2.97. The van der Waals surface area contributed by atoms with Crippen LogP contribution < -0.4 is 10.5 Å². The highest BCUT2D eigenvalue weighted by Crippen LogP contribution is 2.43. The monoisotopic (exact) mass is 205 g/mol. The first-order chi connectivity index (χ1) is 7.26. The highest BCUT2D eigenvalue weighted by molar-refractivity contribution is 5.38. The predicted octanol–water partition coefficient (Wildman–Crippen LogP) is 2.46. The van der Waals surface area contributed by atoms with Gasteiger partial charge >= 0.3 is 0 Å². The van der Waals surface area contributed by atoms with Crippen molar-refractivity contribution in [1.29, 1.82) is 0 Å². The van der Waals surface area contributed by atoms with Gasteiger partial charge < -0.3 is 10.5 Å². The van der Waals surface area contributed by atoms with Crippen LogP contribution in [0.25, 0.3) is 0 Å². The number of hydrogen-bond donors (Lipinski definition) is 1. The highest BCUT2D eigenvalue weighted by atomic mass is 16.5. The van der Waals surface area contributed by atoms with Crippen LogP contribution in [0.15, 0.2) is 18.2 Å². The van der Waals surface area contributed by atoms with Gasteiger partial charge in [-0.2, -0.15) is 0 Å². The molecule has 0 bridgehead atoms. The Morgan fingerprint density at radius 3 is 2.67 bits per heavy atom. The van der Waals surface area contributed by atoms with Crippen LogP contribution in [0.5, 0.6) is 5.75 Å². The lowest BCUT2D eigenvalue weighted by Crippen LogP contribution is -2.30. The van der Waals surface area contributed by atoms with E-state index in [2.05, 4.69) is 19.1 Å². The molecule has 2 heteroatoms. The van der Waals surface area contributed by atoms with Crippen LogP contribution in [0.2, 0.25) is 0 Å². The molecule has 1 aromatic rings. The summed E-state index contributed by atoms with van der Waals surface area (Å²) >= 11 is 0. The summed E-state index contributed by atoms with van der Waals surface area (Å²) in [5, 5.41) is 0. The molecule has 1 fully saturated rings. The second-order valence-electron chi connectivity index (χ2n) is 4.40. The van der Waals surface area contributed by atoms with Crippen molar-refractivity contribution in [2.75, 3.05) is 13.7 Å². The largest absolute Gasteiger partial charge is 0.497 e. The quantitative estimate of drug-likeness (QED) is 0.822. The van der Waals surface area contributed by atoms with Crippen molar-refractivity contribution in [2.24, 2.45) is 11.7 Å². The van der Waals surface area contributed by atoms with Gasteiger partial charge in [-0.15, -0.1) is 0 Å². The fourth-order valence-electron chi connectivity index (χ4n) is 2.45. The SMILES string of the molecule is COc1ccc(C2CCC2CN)c(C)c1. The Morgan fingerprint density at radius 2 is 2.20 bits per heavy atom. The Labute approximate surface area is 91.4 Å². The van der Waals surface area contributed by atoms with Gasteiger partial charge in [0.1, 0.15) is 5.75 Å². The van der Waals surface area contributed by atoms with Gasteiger partial charge in [-0.3, -0.25) is 0 Å². The molecule has 0 amide bonds. The molecule has 0 aliphatic heterocycles. The van der Waals surface area contributed by atoms with Crippen LogP contribution in [0.3, 0.4) is 0 Å². The molecular formula is C13H19NO. The number of rotatable bonds is 3. The second kappa shape index (κ2) is 4.23. The van der Waals surface area contributed by atoms with Crippen molar-refractivity contribution in [1.82, 2.24) is 0 Å². The third kappa shape index (κ3) is 1.86. The fourth-order valence-corrected chi connectivity index (χ4v) is 2.45. The van der Waals surface area contributed by atoms with E-state index in [0.717, 1.165) is 12.3 Å². The van der Waals surface area contributed by atoms with Gasteiger partial charge in [0.05, 0.1) is 7.11 Å². The lowest BCUT2D eigenvalue weighted by Gasteiger charge is -2.37. The number of ether oxygens (including phenoxy) is 1. The van der Waals surface area contributed by atoms with Crippen molar-refractivity contribution in [3.05, 3.63) is 29.3 Å². The molecule has 0 heterocycles. The van der Waals surface area contributed by atoms with Gasteiger partial charge in [0.2, 0.25) is 0 Å². The van der Waals surface area contributed by atoms with E-state index >= 15 is 0 Å². The zero-order valence-corrected chi connectivity index (χ0v) is 9.49. The summed E-state index contributed by atoms with van der Waals surface area (Å²) in [6.07, 6.45) is 2.57. The molecule has 0 saturated heterocycles. The van der Waals surface area contributed by atoms with Gasteiger partial charge in [0.25, 0.3) is 0 Å². The van der Waals surface area contributed by atoms with Crippen LogP contribution >= 0.6 is 0 Å². The van der Waals surface area contributed by atoms with Crippen molar-refractivity contribution in [3.8, 4) is 5.75 Å². The van der Waals surface area contributed by atoms with E-state index in [1.807, 2.05) is 6.07 Å². The highest BCUT2D eigenvalue weighted by Gasteiger charge is 2.31. The Hall–Kier alpha value is -1.02. The van der Waals surface area contributed by atoms with Gasteiger partial charge in [0, 0.05) is 0 Å². The zero-order chi connectivity index (χ0) is 10.8. The first kappa shape index (κ1) is 10.5. The number of nitrogens with two attached hydrogens (primary N) is 1. The standard InChI is InChI=1S/C13H19NO/c1-9-7-11(15-2)4-6-12(9)13-5-3-10(13)8-14/h4,6-7,10,13H,3,5,8,14H2,1-2H3. The van der Waals surface area contributed by atoms with Crippen molar-refractivity contribution < 1.29 is 4.74 Å². The summed E-state index contributed by atoms with van der Waals surface area (Å²) in [7, 11) is 1.71. The maximum atomic E-state index is 5.74. The Balaban J connectivity index is 2.21. The molecule has 0 aromatic heterocycles. The fraction of sp³-hybridized carbons (Fsp3) is 0.538. The first-order valence-corrected chi connectivity index (χ1v) is 5.61. The molecule has 2 nitrogen and oxygen atoms in total. The molecule has 1 aliphatic rings. The molecule has 2 N–H and O–H groups in total. The van der Waals surface area contributed by atoms with E-state index in [1.54, 1.807) is 7.11 Å². The van der Waals surface area contributed by atoms with Crippen molar-refractivity contribution in [2.45, 2.75) is 25.7 Å². The molecular weight excluding hydrogens is 186 g/mol. The minimum atomic E-state index is 0.681. The van der Waals surface area contributed by atoms with E-state index < -0.39 is 0 Å². The van der Waals surface area contributed by atoms with E-state index in [0.29, 0.717) is 11.8 Å². The molecule has 82 valence electrons. The zero-order valence-electron chi connectivity index (χ0n) is 9.49. The van der Waals surface area contributed by atoms with E-state index in [9.17, 15) is 0 Å². The van der Waals surface area contributed by atoms with Crippen molar-refractivity contribution >= 4 is 0 Å². The van der Waals surface area contributed by atoms with Crippen LogP contribution in [-0.2, 0) is 0 Å². The average Bonchev–Trinajstić information content (AvgIpc) is 2.20. The minimum absolute atomic E-state index is 0.681. The van der Waals surface area contributed by atoms with E-state index in [1.165, 1.54) is 24.0 Å². The van der Waals surface area contributed by atoms with E-state index in [4.69, 9.17) is 10.5 Å². The molecule has 1 aliphatic carbocycles. The summed E-state index contributed by atoms with van der Waals surface area (Å²) in [4.78, 5) is 0. The molecule has 1 saturated carbocycles. The molecule has 0 radical (unpaired) electrons. The maximum Gasteiger partial charge on any atom is 0.119 e. The average molecular weight is 205 g/mol. The molecule has 15 heavy (non-hydrogen) atoms. The first-order valence-electron chi connectivity index (χ1n) is 5.61. The van der Waals surface area contributed by atoms with Gasteiger partial charge in [-0.25, -0.2) is 0 Å². The van der Waals surface area contributed by atoms with E-state index in [-0.39, 0.29) is 0 Å². The molecule has 2 atom stereocenters. The van der Waals surface area contributed by atoms with Gasteiger partial charge in [-0.1, -0.05) is 6.07 Å². The normalized spacial score (nSPS) is 24.7. The van der Waals surface area contributed by atoms with Crippen LogP contribution in [0.4, 0.5) is 0 Å². The Morgan fingerprint density at radius 1 is 1.40 bits per heavy atom. The summed E-state index contributed by atoms with van der Waals surface area (Å²) in [6, 6.07) is 6.36. The lowest BCUT2D eigenvalue weighted by atomic mass is 9.69. The Kier molecular flexibility index (Phi) is 2.96. The number of methoxy groups -OCH3 is 1. The summed E-state index contributed by atoms with van der Waals surface area (Å²) in [5.41, 5.74) is 8.53. The molecule has 0 spiro atoms. The number of hydrogen-bond acceptors (Lipinski definition) is 2. The van der Waals surface area contributed by atoms with Crippen LogP contribution in [-0.4, -0.2) is 13.7 Å². The van der Waals surface area contributed by atoms with Gasteiger partial charge in [0.15, 0.2) is 0 Å². The predicted molar refractivity (Wildman–Crippen MR) is 62.3 cm³/mol. The number of aryl methyl sites for hydroxylation is 1. The third-order valence-corrected chi connectivity index (χ3v) is 3.60. The smallest absolute Gasteiger partial charge is 0.119 e. The third-order valence-electron chi connectivity index (χ3n) is 3.60. The van der Waals surface area contributed by atoms with Gasteiger partial charge in [-0.05, 0) is 61.4 Å². The van der Waals surface area contributed by atoms with Crippen molar-refractivity contribution in [3.63, 3.8) is 0 Å². The maximum absolute atomic E-state index is 5.74. The second-order valence-corrected chi connectivity index (χ2v) is 4.40. The Bertz CT molecular complexity index is 346. The molecule has 1 aromatic carbocycles. The molecule has 2 rings (SSSR count). The number of benzene rings is 1. The van der Waals surface area contributed by atoms with Crippen LogP contribution in [0, 0.1) is 12.8 Å². The summed E-state index contributed by atoms with van der Waals surface area (Å²) < 4.78 is 5.21. The minimum Gasteiger partial charge on any atom is -0.497 e.